The Kier molecular flexibility index (Phi) is 6.00. The number of alkyl halides is 3. The van der Waals surface area contributed by atoms with Crippen molar-refractivity contribution in [3.05, 3.63) is 0 Å². The Hall–Kier alpha value is -1.31. The molecule has 8 heteroatoms. The molecule has 1 fully saturated rings. The van der Waals surface area contributed by atoms with Gasteiger partial charge in [-0.25, -0.2) is 0 Å². The van der Waals surface area contributed by atoms with E-state index in [4.69, 9.17) is 0 Å². The predicted molar refractivity (Wildman–Crippen MR) is 69.2 cm³/mol. The van der Waals surface area contributed by atoms with Gasteiger partial charge in [-0.3, -0.25) is 9.59 Å². The van der Waals surface area contributed by atoms with Crippen LogP contribution in [0.4, 0.5) is 13.2 Å². The van der Waals surface area contributed by atoms with Crippen LogP contribution in [0, 0.1) is 5.92 Å². The summed E-state index contributed by atoms with van der Waals surface area (Å²) in [5.41, 5.74) is 0. The molecule has 5 nitrogen and oxygen atoms in total. The van der Waals surface area contributed by atoms with Gasteiger partial charge >= 0.3 is 6.18 Å². The van der Waals surface area contributed by atoms with Gasteiger partial charge in [-0.1, -0.05) is 20.3 Å². The quantitative estimate of drug-likeness (QED) is 0.728. The molecule has 0 radical (unpaired) electrons. The van der Waals surface area contributed by atoms with E-state index in [1.165, 1.54) is 13.8 Å². The number of aliphatic hydroxyl groups is 1. The average Bonchev–Trinajstić information content (AvgIpc) is 2.58. The Balaban J connectivity index is 2.74. The Bertz CT molecular complexity index is 385. The smallest absolute Gasteiger partial charge is 0.382 e. The summed E-state index contributed by atoms with van der Waals surface area (Å²) in [4.78, 5) is 23.4. The van der Waals surface area contributed by atoms with E-state index in [1.54, 1.807) is 0 Å². The molecule has 1 heterocycles. The van der Waals surface area contributed by atoms with Gasteiger partial charge in [0.1, 0.15) is 6.04 Å². The zero-order chi connectivity index (χ0) is 16.2. The summed E-state index contributed by atoms with van der Waals surface area (Å²) in [6.07, 6.45) is -5.47. The maximum Gasteiger partial charge on any atom is 0.416 e. The molecular formula is C13H21F3N2O3. The zero-order valence-corrected chi connectivity index (χ0v) is 12.0. The topological polar surface area (TPSA) is 78.4 Å². The van der Waals surface area contributed by atoms with E-state index >= 15 is 0 Å². The van der Waals surface area contributed by atoms with Crippen molar-refractivity contribution in [3.63, 3.8) is 0 Å². The van der Waals surface area contributed by atoms with Crippen molar-refractivity contribution in [2.75, 3.05) is 0 Å². The Morgan fingerprint density at radius 1 is 1.38 bits per heavy atom. The second-order valence-electron chi connectivity index (χ2n) is 5.63. The third-order valence-corrected chi connectivity index (χ3v) is 3.50. The molecule has 0 saturated carbocycles. The van der Waals surface area contributed by atoms with Crippen LogP contribution in [0.25, 0.3) is 0 Å². The fourth-order valence-electron chi connectivity index (χ4n) is 2.25. The van der Waals surface area contributed by atoms with Gasteiger partial charge < -0.3 is 15.7 Å². The number of carbonyl (C=O) groups is 2. The van der Waals surface area contributed by atoms with Gasteiger partial charge in [0.2, 0.25) is 11.8 Å². The van der Waals surface area contributed by atoms with Gasteiger partial charge in [-0.2, -0.15) is 13.2 Å². The summed E-state index contributed by atoms with van der Waals surface area (Å²) in [6.45, 7) is 2.96. The normalized spacial score (nSPS) is 23.2. The Morgan fingerprint density at radius 2 is 2.00 bits per heavy atom. The number of carbonyl (C=O) groups excluding carboxylic acids is 2. The van der Waals surface area contributed by atoms with Crippen molar-refractivity contribution in [2.24, 2.45) is 5.92 Å². The van der Waals surface area contributed by atoms with Gasteiger partial charge in [0.05, 0.1) is 6.04 Å². The summed E-state index contributed by atoms with van der Waals surface area (Å²) in [6, 6.07) is -2.29. The first kappa shape index (κ1) is 17.7. The molecule has 1 aliphatic heterocycles. The van der Waals surface area contributed by atoms with Gasteiger partial charge in [-0.05, 0) is 18.8 Å². The molecule has 2 amide bonds. The third-order valence-electron chi connectivity index (χ3n) is 3.50. The minimum atomic E-state index is -4.81. The van der Waals surface area contributed by atoms with E-state index in [9.17, 15) is 27.9 Å². The first-order valence-corrected chi connectivity index (χ1v) is 6.97. The number of nitrogens with one attached hydrogen (secondary N) is 2. The van der Waals surface area contributed by atoms with E-state index in [2.05, 4.69) is 10.6 Å². The van der Waals surface area contributed by atoms with Crippen LogP contribution in [0.1, 0.15) is 39.5 Å². The number of hydrogen-bond donors (Lipinski definition) is 3. The van der Waals surface area contributed by atoms with Crippen molar-refractivity contribution >= 4 is 11.8 Å². The summed E-state index contributed by atoms with van der Waals surface area (Å²) < 4.78 is 37.8. The lowest BCUT2D eigenvalue weighted by Crippen LogP contribution is -2.57. The SMILES string of the molecule is CC(C)[C@H](NC(=O)[C@@H]1CCCCC(=O)N1)[C@H](O)C(F)(F)F. The molecule has 1 aliphatic rings. The maximum absolute atomic E-state index is 12.6. The Labute approximate surface area is 121 Å². The van der Waals surface area contributed by atoms with Crippen LogP contribution < -0.4 is 10.6 Å². The van der Waals surface area contributed by atoms with Crippen molar-refractivity contribution in [1.29, 1.82) is 0 Å². The molecule has 0 unspecified atom stereocenters. The lowest BCUT2D eigenvalue weighted by Gasteiger charge is -2.30. The molecule has 0 aromatic carbocycles. The molecule has 0 spiro atoms. The number of hydrogen-bond acceptors (Lipinski definition) is 3. The van der Waals surface area contributed by atoms with Crippen LogP contribution in [-0.2, 0) is 9.59 Å². The first-order valence-electron chi connectivity index (χ1n) is 6.97. The highest BCUT2D eigenvalue weighted by Crippen LogP contribution is 2.25. The second kappa shape index (κ2) is 7.11. The summed E-state index contributed by atoms with van der Waals surface area (Å²) in [7, 11) is 0. The predicted octanol–water partition coefficient (Wildman–Crippen LogP) is 1.11. The summed E-state index contributed by atoms with van der Waals surface area (Å²) in [5.74, 6) is -1.58. The Morgan fingerprint density at radius 3 is 2.52 bits per heavy atom. The summed E-state index contributed by atoms with van der Waals surface area (Å²) in [5, 5.41) is 14.0. The van der Waals surface area contributed by atoms with Crippen LogP contribution in [0.2, 0.25) is 0 Å². The van der Waals surface area contributed by atoms with Crippen molar-refractivity contribution in [3.8, 4) is 0 Å². The van der Waals surface area contributed by atoms with Crippen LogP contribution in [-0.4, -0.2) is 41.3 Å². The fraction of sp³-hybridized carbons (Fsp3) is 0.846. The van der Waals surface area contributed by atoms with Gasteiger partial charge in [-0.15, -0.1) is 0 Å². The molecule has 0 aromatic rings. The first-order chi connectivity index (χ1) is 9.62. The van der Waals surface area contributed by atoms with E-state index in [-0.39, 0.29) is 5.91 Å². The molecular weight excluding hydrogens is 289 g/mol. The van der Waals surface area contributed by atoms with E-state index in [1.807, 2.05) is 0 Å². The molecule has 0 bridgehead atoms. The lowest BCUT2D eigenvalue weighted by molar-refractivity contribution is -0.215. The van der Waals surface area contributed by atoms with E-state index in [0.717, 1.165) is 0 Å². The minimum Gasteiger partial charge on any atom is -0.382 e. The molecule has 122 valence electrons. The van der Waals surface area contributed by atoms with Crippen molar-refractivity contribution in [1.82, 2.24) is 10.6 Å². The second-order valence-corrected chi connectivity index (χ2v) is 5.63. The van der Waals surface area contributed by atoms with Gasteiger partial charge in [0.15, 0.2) is 6.10 Å². The molecule has 3 N–H and O–H groups in total. The summed E-state index contributed by atoms with van der Waals surface area (Å²) >= 11 is 0. The van der Waals surface area contributed by atoms with Crippen molar-refractivity contribution < 1.29 is 27.9 Å². The highest BCUT2D eigenvalue weighted by molar-refractivity contribution is 5.88. The van der Waals surface area contributed by atoms with Crippen LogP contribution >= 0.6 is 0 Å². The molecule has 1 rings (SSSR count). The van der Waals surface area contributed by atoms with Gasteiger partial charge in [0, 0.05) is 6.42 Å². The van der Waals surface area contributed by atoms with E-state index in [0.29, 0.717) is 25.7 Å². The van der Waals surface area contributed by atoms with Gasteiger partial charge in [0.25, 0.3) is 0 Å². The number of halogens is 3. The number of amides is 2. The van der Waals surface area contributed by atoms with E-state index < -0.39 is 36.2 Å². The molecule has 0 aromatic heterocycles. The number of rotatable bonds is 4. The highest BCUT2D eigenvalue weighted by atomic mass is 19.4. The average molecular weight is 310 g/mol. The highest BCUT2D eigenvalue weighted by Gasteiger charge is 2.45. The maximum atomic E-state index is 12.6. The van der Waals surface area contributed by atoms with Crippen molar-refractivity contribution in [2.45, 2.75) is 63.9 Å². The molecule has 21 heavy (non-hydrogen) atoms. The van der Waals surface area contributed by atoms with Crippen LogP contribution in [0.3, 0.4) is 0 Å². The largest absolute Gasteiger partial charge is 0.416 e. The third kappa shape index (κ3) is 5.18. The fourth-order valence-corrected chi connectivity index (χ4v) is 2.25. The lowest BCUT2D eigenvalue weighted by atomic mass is 9.97. The molecule has 3 atom stereocenters. The molecule has 1 saturated heterocycles. The van der Waals surface area contributed by atoms with Crippen LogP contribution in [0.15, 0.2) is 0 Å². The monoisotopic (exact) mass is 310 g/mol. The minimum absolute atomic E-state index is 0.287. The van der Waals surface area contributed by atoms with Crippen LogP contribution in [0.5, 0.6) is 0 Å². The zero-order valence-electron chi connectivity index (χ0n) is 12.0. The number of aliphatic hydroxyl groups excluding tert-OH is 1. The molecule has 0 aliphatic carbocycles. The standard InChI is InChI=1S/C13H21F3N2O3/c1-7(2)10(11(20)13(14,15)16)18-12(21)8-5-3-4-6-9(19)17-8/h7-8,10-11,20H,3-6H2,1-2H3,(H,17,19)(H,18,21)/t8-,10-,11-/m0/s1.